The highest BCUT2D eigenvalue weighted by Crippen LogP contribution is 2.30. The largest absolute Gasteiger partial charge is 0.329 e. The monoisotopic (exact) mass is 383 g/mol. The van der Waals surface area contributed by atoms with E-state index in [1.54, 1.807) is 17.0 Å². The number of halogens is 1. The van der Waals surface area contributed by atoms with Crippen LogP contribution in [0.15, 0.2) is 42.5 Å². The van der Waals surface area contributed by atoms with E-state index in [4.69, 9.17) is 11.6 Å². The minimum Gasteiger partial charge on any atom is -0.329 e. The summed E-state index contributed by atoms with van der Waals surface area (Å²) >= 11 is 6.35. The zero-order valence-electron chi connectivity index (χ0n) is 14.7. The zero-order valence-corrected chi connectivity index (χ0v) is 15.5. The minimum absolute atomic E-state index is 0.181. The Morgan fingerprint density at radius 2 is 1.85 bits per heavy atom. The van der Waals surface area contributed by atoms with Crippen LogP contribution >= 0.6 is 11.6 Å². The molecule has 1 atom stereocenters. The summed E-state index contributed by atoms with van der Waals surface area (Å²) < 4.78 is 0. The Morgan fingerprint density at radius 3 is 2.63 bits per heavy atom. The number of nitrogens with zero attached hydrogens (tertiary/aromatic N) is 2. The van der Waals surface area contributed by atoms with Gasteiger partial charge in [-0.25, -0.2) is 0 Å². The Balaban J connectivity index is 1.69. The molecule has 1 N–H and O–H groups in total. The molecule has 7 heteroatoms. The van der Waals surface area contributed by atoms with Gasteiger partial charge in [0.1, 0.15) is 0 Å². The van der Waals surface area contributed by atoms with Gasteiger partial charge in [0, 0.05) is 37.3 Å². The smallest absolute Gasteiger partial charge is 0.261 e. The fraction of sp³-hybridized carbons (Fsp3) is 0.250. The van der Waals surface area contributed by atoms with Crippen molar-refractivity contribution < 1.29 is 14.4 Å². The number of hydrogen-bond donors (Lipinski definition) is 1. The van der Waals surface area contributed by atoms with Crippen molar-refractivity contribution >= 4 is 29.3 Å². The van der Waals surface area contributed by atoms with Crippen LogP contribution in [0, 0.1) is 0 Å². The summed E-state index contributed by atoms with van der Waals surface area (Å²) in [5.41, 5.74) is 1.89. The van der Waals surface area contributed by atoms with Crippen LogP contribution in [-0.2, 0) is 0 Å². The maximum atomic E-state index is 13.2. The van der Waals surface area contributed by atoms with Gasteiger partial charge in [-0.1, -0.05) is 29.8 Å². The summed E-state index contributed by atoms with van der Waals surface area (Å²) in [6.45, 7) is 1.80. The van der Waals surface area contributed by atoms with E-state index >= 15 is 0 Å². The number of fused-ring (bicyclic) bond motifs is 1. The van der Waals surface area contributed by atoms with E-state index in [2.05, 4.69) is 5.32 Å². The average Bonchev–Trinajstić information content (AvgIpc) is 2.92. The van der Waals surface area contributed by atoms with Crippen LogP contribution in [0.2, 0.25) is 5.02 Å². The van der Waals surface area contributed by atoms with E-state index in [0.717, 1.165) is 10.5 Å². The van der Waals surface area contributed by atoms with Crippen LogP contribution < -0.4 is 5.32 Å². The molecule has 0 aliphatic carbocycles. The molecule has 0 spiro atoms. The highest BCUT2D eigenvalue weighted by atomic mass is 35.5. The zero-order chi connectivity index (χ0) is 19.1. The number of rotatable bonds is 2. The SMILES string of the molecule is CN1C(=O)c2ccc(C(=O)N3CCNCC3c3ccccc3Cl)cc2C1=O. The Hall–Kier alpha value is -2.70. The van der Waals surface area contributed by atoms with Crippen LogP contribution in [0.1, 0.15) is 42.7 Å². The number of nitrogens with one attached hydrogen (secondary N) is 1. The van der Waals surface area contributed by atoms with Gasteiger partial charge in [0.15, 0.2) is 0 Å². The van der Waals surface area contributed by atoms with Crippen LogP contribution in [0.25, 0.3) is 0 Å². The molecule has 27 heavy (non-hydrogen) atoms. The first-order chi connectivity index (χ1) is 13.0. The first-order valence-electron chi connectivity index (χ1n) is 8.71. The number of imide groups is 1. The third-order valence-electron chi connectivity index (χ3n) is 5.11. The number of hydrogen-bond acceptors (Lipinski definition) is 4. The van der Waals surface area contributed by atoms with E-state index in [0.29, 0.717) is 35.8 Å². The molecule has 1 unspecified atom stereocenters. The number of amides is 3. The van der Waals surface area contributed by atoms with Gasteiger partial charge >= 0.3 is 0 Å². The molecule has 0 aromatic heterocycles. The lowest BCUT2D eigenvalue weighted by atomic mass is 10.00. The maximum absolute atomic E-state index is 13.2. The molecule has 0 radical (unpaired) electrons. The molecule has 0 bridgehead atoms. The first-order valence-corrected chi connectivity index (χ1v) is 9.09. The molecule has 2 aliphatic heterocycles. The Kier molecular flexibility index (Phi) is 4.45. The van der Waals surface area contributed by atoms with E-state index in [1.165, 1.54) is 13.1 Å². The van der Waals surface area contributed by atoms with Gasteiger partial charge in [0.25, 0.3) is 17.7 Å². The number of benzene rings is 2. The van der Waals surface area contributed by atoms with Crippen molar-refractivity contribution in [1.82, 2.24) is 15.1 Å². The Bertz CT molecular complexity index is 959. The molecule has 3 amide bonds. The molecule has 2 aromatic rings. The van der Waals surface area contributed by atoms with E-state index in [1.807, 2.05) is 24.3 Å². The fourth-order valence-corrected chi connectivity index (χ4v) is 3.89. The van der Waals surface area contributed by atoms with E-state index in [9.17, 15) is 14.4 Å². The van der Waals surface area contributed by atoms with Crippen LogP contribution in [0.3, 0.4) is 0 Å². The lowest BCUT2D eigenvalue weighted by Crippen LogP contribution is -2.48. The van der Waals surface area contributed by atoms with Crippen molar-refractivity contribution in [3.63, 3.8) is 0 Å². The summed E-state index contributed by atoms with van der Waals surface area (Å²) in [7, 11) is 1.44. The molecule has 6 nitrogen and oxygen atoms in total. The molecule has 4 rings (SSSR count). The predicted octanol–water partition coefficient (Wildman–Crippen LogP) is 2.35. The molecule has 2 aliphatic rings. The quantitative estimate of drug-likeness (QED) is 0.808. The Labute approximate surface area is 161 Å². The summed E-state index contributed by atoms with van der Waals surface area (Å²) in [6.07, 6.45) is 0. The molecule has 2 heterocycles. The molecule has 2 aromatic carbocycles. The normalized spacial score (nSPS) is 19.4. The fourth-order valence-electron chi connectivity index (χ4n) is 3.63. The second-order valence-corrected chi connectivity index (χ2v) is 7.08. The summed E-state index contributed by atoms with van der Waals surface area (Å²) in [6, 6.07) is 12.0. The first kappa shape index (κ1) is 17.7. The minimum atomic E-state index is -0.382. The molecule has 1 saturated heterocycles. The van der Waals surface area contributed by atoms with Gasteiger partial charge in [-0.2, -0.15) is 0 Å². The van der Waals surface area contributed by atoms with Crippen molar-refractivity contribution in [2.75, 3.05) is 26.7 Å². The van der Waals surface area contributed by atoms with E-state index < -0.39 is 0 Å². The number of carbonyl (C=O) groups excluding carboxylic acids is 3. The highest BCUT2D eigenvalue weighted by molar-refractivity contribution is 6.31. The number of piperazine rings is 1. The summed E-state index contributed by atoms with van der Waals surface area (Å²) in [5, 5.41) is 3.91. The van der Waals surface area contributed by atoms with Crippen molar-refractivity contribution in [1.29, 1.82) is 0 Å². The van der Waals surface area contributed by atoms with E-state index in [-0.39, 0.29) is 29.3 Å². The van der Waals surface area contributed by atoms with Gasteiger partial charge in [-0.05, 0) is 29.8 Å². The van der Waals surface area contributed by atoms with Crippen molar-refractivity contribution in [3.05, 3.63) is 69.7 Å². The highest BCUT2D eigenvalue weighted by Gasteiger charge is 2.35. The molecule has 0 saturated carbocycles. The van der Waals surface area contributed by atoms with Gasteiger partial charge < -0.3 is 10.2 Å². The predicted molar refractivity (Wildman–Crippen MR) is 101 cm³/mol. The lowest BCUT2D eigenvalue weighted by Gasteiger charge is -2.37. The Morgan fingerprint density at radius 1 is 1.11 bits per heavy atom. The van der Waals surface area contributed by atoms with Crippen LogP contribution in [-0.4, -0.2) is 54.2 Å². The molecule has 138 valence electrons. The third kappa shape index (κ3) is 2.91. The summed E-state index contributed by atoms with van der Waals surface area (Å²) in [4.78, 5) is 40.3. The van der Waals surface area contributed by atoms with Crippen LogP contribution in [0.4, 0.5) is 0 Å². The second-order valence-electron chi connectivity index (χ2n) is 6.67. The van der Waals surface area contributed by atoms with Gasteiger partial charge in [0.2, 0.25) is 0 Å². The van der Waals surface area contributed by atoms with Gasteiger partial charge in [-0.3, -0.25) is 19.3 Å². The van der Waals surface area contributed by atoms with Gasteiger partial charge in [0.05, 0.1) is 17.2 Å². The van der Waals surface area contributed by atoms with Crippen molar-refractivity contribution in [2.24, 2.45) is 0 Å². The standard InChI is InChI=1S/C20H18ClN3O3/c1-23-19(26)13-7-6-12(10-15(13)20(23)27)18(25)24-9-8-22-11-17(24)14-4-2-3-5-16(14)21/h2-7,10,17,22H,8-9,11H2,1H3. The molecular formula is C20H18ClN3O3. The van der Waals surface area contributed by atoms with Crippen LogP contribution in [0.5, 0.6) is 0 Å². The summed E-state index contributed by atoms with van der Waals surface area (Å²) in [5.74, 6) is -0.906. The van der Waals surface area contributed by atoms with Gasteiger partial charge in [-0.15, -0.1) is 0 Å². The molecular weight excluding hydrogens is 366 g/mol. The van der Waals surface area contributed by atoms with Crippen molar-refractivity contribution in [3.8, 4) is 0 Å². The topological polar surface area (TPSA) is 69.7 Å². The molecule has 1 fully saturated rings. The second kappa shape index (κ2) is 6.79. The van der Waals surface area contributed by atoms with Crippen molar-refractivity contribution in [2.45, 2.75) is 6.04 Å². The third-order valence-corrected chi connectivity index (χ3v) is 5.45. The number of carbonyl (C=O) groups is 3. The average molecular weight is 384 g/mol. The maximum Gasteiger partial charge on any atom is 0.261 e. The lowest BCUT2D eigenvalue weighted by molar-refractivity contribution is 0.0633.